The number of aliphatic hydroxyl groups excluding tert-OH is 1. The SMILES string of the molecule is CN(CCO)c1cc(-c2nc(C3(c4ccc(-c5cnc(N)nc5)cc4)CCC3)no2)ccn1. The molecule has 9 nitrogen and oxygen atoms in total. The fourth-order valence-corrected chi connectivity index (χ4v) is 4.20. The largest absolute Gasteiger partial charge is 0.395 e. The van der Waals surface area contributed by atoms with E-state index in [-0.39, 0.29) is 18.0 Å². The van der Waals surface area contributed by atoms with Gasteiger partial charge in [0.15, 0.2) is 5.82 Å². The van der Waals surface area contributed by atoms with Crippen LogP contribution in [0.25, 0.3) is 22.6 Å². The van der Waals surface area contributed by atoms with Crippen molar-refractivity contribution in [3.8, 4) is 22.6 Å². The Labute approximate surface area is 191 Å². The van der Waals surface area contributed by atoms with Gasteiger partial charge in [-0.15, -0.1) is 0 Å². The molecule has 1 fully saturated rings. The Hall–Kier alpha value is -3.85. The lowest BCUT2D eigenvalue weighted by molar-refractivity contribution is 0.273. The van der Waals surface area contributed by atoms with Crippen molar-refractivity contribution in [3.63, 3.8) is 0 Å². The molecule has 4 aromatic rings. The number of nitrogens with two attached hydrogens (primary N) is 1. The summed E-state index contributed by atoms with van der Waals surface area (Å²) in [5.74, 6) is 2.17. The van der Waals surface area contributed by atoms with Crippen LogP contribution in [0.3, 0.4) is 0 Å². The highest BCUT2D eigenvalue weighted by molar-refractivity contribution is 5.63. The Bertz CT molecular complexity index is 1230. The number of nitrogens with zero attached hydrogens (tertiary/aromatic N) is 6. The maximum Gasteiger partial charge on any atom is 0.258 e. The van der Waals surface area contributed by atoms with Crippen LogP contribution in [0.1, 0.15) is 30.7 Å². The van der Waals surface area contributed by atoms with Gasteiger partial charge in [0.25, 0.3) is 5.89 Å². The van der Waals surface area contributed by atoms with Crippen molar-refractivity contribution in [2.75, 3.05) is 30.8 Å². The summed E-state index contributed by atoms with van der Waals surface area (Å²) in [6.07, 6.45) is 8.21. The van der Waals surface area contributed by atoms with E-state index in [1.165, 1.54) is 5.56 Å². The van der Waals surface area contributed by atoms with Gasteiger partial charge in [-0.05, 0) is 36.1 Å². The molecular formula is C24H25N7O2. The van der Waals surface area contributed by atoms with Crippen LogP contribution in [0.5, 0.6) is 0 Å². The van der Waals surface area contributed by atoms with Gasteiger partial charge in [-0.25, -0.2) is 15.0 Å². The second kappa shape index (κ2) is 8.59. The molecule has 0 amide bonds. The van der Waals surface area contributed by atoms with E-state index in [0.29, 0.717) is 18.3 Å². The molecule has 3 heterocycles. The number of anilines is 2. The van der Waals surface area contributed by atoms with Gasteiger partial charge >= 0.3 is 0 Å². The number of hydrogen-bond acceptors (Lipinski definition) is 9. The van der Waals surface area contributed by atoms with Crippen molar-refractivity contribution in [1.29, 1.82) is 0 Å². The normalized spacial score (nSPS) is 14.6. The second-order valence-electron chi connectivity index (χ2n) is 8.31. The number of aliphatic hydroxyl groups is 1. The number of aromatic nitrogens is 5. The van der Waals surface area contributed by atoms with E-state index < -0.39 is 0 Å². The number of hydrogen-bond donors (Lipinski definition) is 2. The van der Waals surface area contributed by atoms with Crippen LogP contribution in [0, 0.1) is 0 Å². The molecule has 0 saturated heterocycles. The molecule has 1 aromatic carbocycles. The molecule has 3 N–H and O–H groups in total. The molecule has 1 aliphatic rings. The minimum Gasteiger partial charge on any atom is -0.395 e. The molecule has 0 aliphatic heterocycles. The topological polar surface area (TPSA) is 127 Å². The van der Waals surface area contributed by atoms with E-state index in [9.17, 15) is 5.11 Å². The Morgan fingerprint density at radius 3 is 2.45 bits per heavy atom. The number of rotatable bonds is 7. The highest BCUT2D eigenvalue weighted by Gasteiger charge is 2.44. The quantitative estimate of drug-likeness (QED) is 0.443. The van der Waals surface area contributed by atoms with Crippen molar-refractivity contribution >= 4 is 11.8 Å². The summed E-state index contributed by atoms with van der Waals surface area (Å²) >= 11 is 0. The lowest BCUT2D eigenvalue weighted by Gasteiger charge is -2.39. The molecule has 9 heteroatoms. The van der Waals surface area contributed by atoms with E-state index >= 15 is 0 Å². The molecule has 0 radical (unpaired) electrons. The number of benzene rings is 1. The first-order valence-corrected chi connectivity index (χ1v) is 10.9. The van der Waals surface area contributed by atoms with Crippen LogP contribution >= 0.6 is 0 Å². The standard InChI is InChI=1S/C24H25N7O2/c1-31(11-12-32)20-13-17(7-10-26-20)21-29-22(30-33-21)24(8-2-9-24)19-5-3-16(4-6-19)18-14-27-23(25)28-15-18/h3-7,10,13-15,32H,2,8-9,11-12H2,1H3,(H2,25,27,28). The fourth-order valence-electron chi connectivity index (χ4n) is 4.20. The van der Waals surface area contributed by atoms with Crippen LogP contribution in [0.4, 0.5) is 11.8 Å². The summed E-state index contributed by atoms with van der Waals surface area (Å²) in [4.78, 5) is 19.2. The van der Waals surface area contributed by atoms with Crippen molar-refractivity contribution in [2.24, 2.45) is 0 Å². The molecule has 0 bridgehead atoms. The van der Waals surface area contributed by atoms with E-state index in [1.807, 2.05) is 24.1 Å². The average Bonchev–Trinajstić information content (AvgIpc) is 3.30. The fraction of sp³-hybridized carbons (Fsp3) is 0.292. The van der Waals surface area contributed by atoms with E-state index in [2.05, 4.69) is 44.4 Å². The van der Waals surface area contributed by atoms with Crippen LogP contribution in [0.15, 0.2) is 59.5 Å². The van der Waals surface area contributed by atoms with Crippen LogP contribution in [0.2, 0.25) is 0 Å². The minimum absolute atomic E-state index is 0.0553. The average molecular weight is 444 g/mol. The lowest BCUT2D eigenvalue weighted by atomic mass is 9.64. The summed E-state index contributed by atoms with van der Waals surface area (Å²) in [5, 5.41) is 13.6. The third-order valence-electron chi connectivity index (χ3n) is 6.32. The Morgan fingerprint density at radius 1 is 1.03 bits per heavy atom. The van der Waals surface area contributed by atoms with Gasteiger partial charge in [0.05, 0.1) is 12.0 Å². The van der Waals surface area contributed by atoms with Crippen molar-refractivity contribution < 1.29 is 9.63 Å². The molecule has 1 aliphatic carbocycles. The zero-order chi connectivity index (χ0) is 22.8. The molecule has 0 spiro atoms. The van der Waals surface area contributed by atoms with Crippen LogP contribution in [-0.4, -0.2) is 50.4 Å². The van der Waals surface area contributed by atoms with Gasteiger partial charge in [0.2, 0.25) is 5.95 Å². The van der Waals surface area contributed by atoms with Gasteiger partial charge in [0, 0.05) is 43.3 Å². The third-order valence-corrected chi connectivity index (χ3v) is 6.32. The van der Waals surface area contributed by atoms with Crippen molar-refractivity contribution in [3.05, 3.63) is 66.4 Å². The Morgan fingerprint density at radius 2 is 1.79 bits per heavy atom. The van der Waals surface area contributed by atoms with Crippen molar-refractivity contribution in [2.45, 2.75) is 24.7 Å². The first kappa shape index (κ1) is 21.0. The Kier molecular flexibility index (Phi) is 5.47. The van der Waals surface area contributed by atoms with E-state index in [4.69, 9.17) is 15.2 Å². The summed E-state index contributed by atoms with van der Waals surface area (Å²) in [5.41, 5.74) is 9.26. The molecule has 0 atom stereocenters. The first-order valence-electron chi connectivity index (χ1n) is 10.9. The third kappa shape index (κ3) is 3.91. The highest BCUT2D eigenvalue weighted by Crippen LogP contribution is 2.48. The lowest BCUT2D eigenvalue weighted by Crippen LogP contribution is -2.36. The van der Waals surface area contributed by atoms with Gasteiger partial charge < -0.3 is 20.3 Å². The van der Waals surface area contributed by atoms with Crippen LogP contribution in [-0.2, 0) is 5.41 Å². The number of likely N-dealkylation sites (N-methyl/N-ethyl adjacent to an activating group) is 1. The zero-order valence-corrected chi connectivity index (χ0v) is 18.3. The Balaban J connectivity index is 1.42. The molecule has 33 heavy (non-hydrogen) atoms. The van der Waals surface area contributed by atoms with Crippen LogP contribution < -0.4 is 10.6 Å². The molecule has 168 valence electrons. The summed E-state index contributed by atoms with van der Waals surface area (Å²) in [7, 11) is 1.88. The highest BCUT2D eigenvalue weighted by atomic mass is 16.5. The first-order chi connectivity index (χ1) is 16.1. The molecule has 1 saturated carbocycles. The molecular weight excluding hydrogens is 418 g/mol. The molecule has 3 aromatic heterocycles. The summed E-state index contributed by atoms with van der Waals surface area (Å²) < 4.78 is 5.67. The monoisotopic (exact) mass is 443 g/mol. The van der Waals surface area contributed by atoms with Crippen molar-refractivity contribution in [1.82, 2.24) is 25.1 Å². The molecule has 5 rings (SSSR count). The maximum atomic E-state index is 9.19. The van der Waals surface area contributed by atoms with Gasteiger partial charge in [0.1, 0.15) is 5.82 Å². The van der Waals surface area contributed by atoms with Gasteiger partial charge in [-0.2, -0.15) is 4.98 Å². The zero-order valence-electron chi connectivity index (χ0n) is 18.3. The number of nitrogen functional groups attached to an aromatic ring is 1. The van der Waals surface area contributed by atoms with Gasteiger partial charge in [-0.1, -0.05) is 35.8 Å². The van der Waals surface area contributed by atoms with E-state index in [1.54, 1.807) is 18.6 Å². The predicted octanol–water partition coefficient (Wildman–Crippen LogP) is 3.07. The predicted molar refractivity (Wildman–Crippen MR) is 124 cm³/mol. The van der Waals surface area contributed by atoms with E-state index in [0.717, 1.165) is 41.8 Å². The minimum atomic E-state index is -0.249. The van der Waals surface area contributed by atoms with Gasteiger partial charge in [-0.3, -0.25) is 0 Å². The maximum absolute atomic E-state index is 9.19. The summed E-state index contributed by atoms with van der Waals surface area (Å²) in [6, 6.07) is 12.1. The number of pyridine rings is 1. The smallest absolute Gasteiger partial charge is 0.258 e. The molecule has 0 unspecified atom stereocenters. The second-order valence-corrected chi connectivity index (χ2v) is 8.31. The summed E-state index contributed by atoms with van der Waals surface area (Å²) in [6.45, 7) is 0.549.